The average Bonchev–Trinajstić information content (AvgIpc) is 2.94. The normalized spacial score (nSPS) is 16.5. The maximum atomic E-state index is 8.96. The SMILES string of the molecule is Cc1cc(CN2CCN(Cc3cccc(C#N)c3)CC2)no1. The number of piperazine rings is 1. The molecule has 5 heteroatoms. The molecule has 22 heavy (non-hydrogen) atoms. The molecule has 2 heterocycles. The van der Waals surface area contributed by atoms with Gasteiger partial charge >= 0.3 is 0 Å². The summed E-state index contributed by atoms with van der Waals surface area (Å²) in [6, 6.07) is 12.1. The quantitative estimate of drug-likeness (QED) is 0.865. The van der Waals surface area contributed by atoms with Crippen LogP contribution in [0.4, 0.5) is 0 Å². The van der Waals surface area contributed by atoms with Crippen molar-refractivity contribution in [3.8, 4) is 6.07 Å². The summed E-state index contributed by atoms with van der Waals surface area (Å²) < 4.78 is 5.11. The van der Waals surface area contributed by atoms with Crippen molar-refractivity contribution in [2.75, 3.05) is 26.2 Å². The van der Waals surface area contributed by atoms with Crippen molar-refractivity contribution >= 4 is 0 Å². The zero-order chi connectivity index (χ0) is 15.4. The zero-order valence-corrected chi connectivity index (χ0v) is 12.8. The summed E-state index contributed by atoms with van der Waals surface area (Å²) >= 11 is 0. The van der Waals surface area contributed by atoms with Gasteiger partial charge in [-0.05, 0) is 24.6 Å². The Morgan fingerprint density at radius 3 is 2.50 bits per heavy atom. The average molecular weight is 296 g/mol. The molecule has 0 radical (unpaired) electrons. The molecule has 1 aliphatic rings. The van der Waals surface area contributed by atoms with Crippen LogP contribution in [0.1, 0.15) is 22.6 Å². The van der Waals surface area contributed by atoms with E-state index in [9.17, 15) is 0 Å². The minimum Gasteiger partial charge on any atom is -0.361 e. The van der Waals surface area contributed by atoms with Crippen molar-refractivity contribution in [3.63, 3.8) is 0 Å². The molecule has 0 aliphatic carbocycles. The standard InChI is InChI=1S/C17H20N4O/c1-14-9-17(19-22-14)13-21-7-5-20(6-8-21)12-16-4-2-3-15(10-16)11-18/h2-4,9-10H,5-8,12-13H2,1H3. The number of rotatable bonds is 4. The Morgan fingerprint density at radius 2 is 1.86 bits per heavy atom. The van der Waals surface area contributed by atoms with E-state index in [-0.39, 0.29) is 0 Å². The number of hydrogen-bond acceptors (Lipinski definition) is 5. The van der Waals surface area contributed by atoms with Gasteiger partial charge in [0, 0.05) is 45.3 Å². The van der Waals surface area contributed by atoms with Gasteiger partial charge in [0.1, 0.15) is 5.76 Å². The lowest BCUT2D eigenvalue weighted by Gasteiger charge is -2.34. The Kier molecular flexibility index (Phi) is 4.52. The Morgan fingerprint density at radius 1 is 1.14 bits per heavy atom. The third-order valence-corrected chi connectivity index (χ3v) is 3.99. The van der Waals surface area contributed by atoms with E-state index in [0.717, 1.165) is 56.3 Å². The van der Waals surface area contributed by atoms with Crippen LogP contribution in [-0.2, 0) is 13.1 Å². The molecule has 0 atom stereocenters. The van der Waals surface area contributed by atoms with Gasteiger partial charge in [-0.1, -0.05) is 17.3 Å². The predicted octanol–water partition coefficient (Wildman–Crippen LogP) is 2.17. The van der Waals surface area contributed by atoms with E-state index in [4.69, 9.17) is 9.78 Å². The monoisotopic (exact) mass is 296 g/mol. The number of benzene rings is 1. The number of aromatic nitrogens is 1. The van der Waals surface area contributed by atoms with Crippen LogP contribution in [0, 0.1) is 18.3 Å². The second kappa shape index (κ2) is 6.73. The van der Waals surface area contributed by atoms with Gasteiger partial charge in [-0.3, -0.25) is 9.80 Å². The number of nitriles is 1. The summed E-state index contributed by atoms with van der Waals surface area (Å²) in [5.41, 5.74) is 2.95. The van der Waals surface area contributed by atoms with Crippen LogP contribution >= 0.6 is 0 Å². The molecule has 1 aromatic heterocycles. The van der Waals surface area contributed by atoms with E-state index in [1.807, 2.05) is 31.2 Å². The lowest BCUT2D eigenvalue weighted by molar-refractivity contribution is 0.120. The molecule has 0 saturated carbocycles. The van der Waals surface area contributed by atoms with E-state index >= 15 is 0 Å². The van der Waals surface area contributed by atoms with Gasteiger partial charge in [0.2, 0.25) is 0 Å². The van der Waals surface area contributed by atoms with Crippen molar-refractivity contribution in [3.05, 3.63) is 52.9 Å². The first kappa shape index (κ1) is 14.8. The largest absolute Gasteiger partial charge is 0.361 e. The molecule has 0 bridgehead atoms. The first-order valence-electron chi connectivity index (χ1n) is 7.59. The summed E-state index contributed by atoms with van der Waals surface area (Å²) in [5.74, 6) is 0.867. The fourth-order valence-corrected chi connectivity index (χ4v) is 2.82. The maximum absolute atomic E-state index is 8.96. The smallest absolute Gasteiger partial charge is 0.133 e. The molecule has 1 aliphatic heterocycles. The van der Waals surface area contributed by atoms with Crippen LogP contribution in [0.15, 0.2) is 34.9 Å². The van der Waals surface area contributed by atoms with Crippen molar-refractivity contribution in [2.24, 2.45) is 0 Å². The molecule has 3 rings (SSSR count). The Labute approximate surface area is 130 Å². The molecule has 1 aromatic carbocycles. The fraction of sp³-hybridized carbons (Fsp3) is 0.412. The Balaban J connectivity index is 1.50. The lowest BCUT2D eigenvalue weighted by atomic mass is 10.1. The zero-order valence-electron chi connectivity index (χ0n) is 12.8. The summed E-state index contributed by atoms with van der Waals surface area (Å²) in [4.78, 5) is 4.83. The van der Waals surface area contributed by atoms with E-state index in [0.29, 0.717) is 0 Å². The van der Waals surface area contributed by atoms with Crippen molar-refractivity contribution in [1.29, 1.82) is 5.26 Å². The molecule has 2 aromatic rings. The molecule has 1 saturated heterocycles. The summed E-state index contributed by atoms with van der Waals surface area (Å²) in [6.45, 7) is 7.82. The van der Waals surface area contributed by atoms with Crippen LogP contribution in [0.25, 0.3) is 0 Å². The molecule has 0 N–H and O–H groups in total. The third-order valence-electron chi connectivity index (χ3n) is 3.99. The van der Waals surface area contributed by atoms with Gasteiger partial charge in [0.15, 0.2) is 0 Å². The molecule has 0 spiro atoms. The molecule has 0 unspecified atom stereocenters. The van der Waals surface area contributed by atoms with Crippen LogP contribution in [-0.4, -0.2) is 41.1 Å². The lowest BCUT2D eigenvalue weighted by Crippen LogP contribution is -2.45. The molecule has 5 nitrogen and oxygen atoms in total. The Bertz CT molecular complexity index is 665. The van der Waals surface area contributed by atoms with E-state index < -0.39 is 0 Å². The highest BCUT2D eigenvalue weighted by atomic mass is 16.5. The molecule has 1 fully saturated rings. The minimum absolute atomic E-state index is 0.734. The van der Waals surface area contributed by atoms with Gasteiger partial charge in [-0.25, -0.2) is 0 Å². The Hall–Kier alpha value is -2.16. The third kappa shape index (κ3) is 3.73. The van der Waals surface area contributed by atoms with Gasteiger partial charge in [0.25, 0.3) is 0 Å². The second-order valence-electron chi connectivity index (χ2n) is 5.79. The predicted molar refractivity (Wildman–Crippen MR) is 83.0 cm³/mol. The maximum Gasteiger partial charge on any atom is 0.133 e. The topological polar surface area (TPSA) is 56.3 Å². The van der Waals surface area contributed by atoms with Crippen LogP contribution in [0.2, 0.25) is 0 Å². The highest BCUT2D eigenvalue weighted by molar-refractivity contribution is 5.32. The van der Waals surface area contributed by atoms with Crippen LogP contribution < -0.4 is 0 Å². The van der Waals surface area contributed by atoms with Gasteiger partial charge in [0.05, 0.1) is 17.3 Å². The number of aryl methyl sites for hydroxylation is 1. The minimum atomic E-state index is 0.734. The van der Waals surface area contributed by atoms with Crippen molar-refractivity contribution < 1.29 is 4.52 Å². The van der Waals surface area contributed by atoms with Crippen molar-refractivity contribution in [1.82, 2.24) is 15.0 Å². The second-order valence-corrected chi connectivity index (χ2v) is 5.79. The van der Waals surface area contributed by atoms with Gasteiger partial charge in [-0.2, -0.15) is 5.26 Å². The molecule has 114 valence electrons. The fourth-order valence-electron chi connectivity index (χ4n) is 2.82. The van der Waals surface area contributed by atoms with E-state index in [1.165, 1.54) is 5.56 Å². The van der Waals surface area contributed by atoms with Crippen molar-refractivity contribution in [2.45, 2.75) is 20.0 Å². The summed E-state index contributed by atoms with van der Waals surface area (Å²) in [7, 11) is 0. The summed E-state index contributed by atoms with van der Waals surface area (Å²) in [6.07, 6.45) is 0. The van der Waals surface area contributed by atoms with E-state index in [1.54, 1.807) is 0 Å². The van der Waals surface area contributed by atoms with Crippen LogP contribution in [0.3, 0.4) is 0 Å². The van der Waals surface area contributed by atoms with Crippen LogP contribution in [0.5, 0.6) is 0 Å². The first-order valence-corrected chi connectivity index (χ1v) is 7.59. The highest BCUT2D eigenvalue weighted by Crippen LogP contribution is 2.12. The summed E-state index contributed by atoms with van der Waals surface area (Å²) in [5, 5.41) is 13.0. The molecular weight excluding hydrogens is 276 g/mol. The number of hydrogen-bond donors (Lipinski definition) is 0. The van der Waals surface area contributed by atoms with Gasteiger partial charge < -0.3 is 4.52 Å². The molecule has 0 amide bonds. The van der Waals surface area contributed by atoms with Gasteiger partial charge in [-0.15, -0.1) is 0 Å². The number of nitrogens with zero attached hydrogens (tertiary/aromatic N) is 4. The molecular formula is C17H20N4O. The highest BCUT2D eigenvalue weighted by Gasteiger charge is 2.18. The first-order chi connectivity index (χ1) is 10.7. The van der Waals surface area contributed by atoms with E-state index in [2.05, 4.69) is 27.1 Å².